The third-order valence-electron chi connectivity index (χ3n) is 7.77. The highest BCUT2D eigenvalue weighted by Crippen LogP contribution is 2.61. The molecule has 3 aromatic rings. The Bertz CT molecular complexity index is 1380. The van der Waals surface area contributed by atoms with Crippen molar-refractivity contribution in [3.8, 4) is 0 Å². The van der Waals surface area contributed by atoms with Gasteiger partial charge in [0.2, 0.25) is 5.91 Å². The normalized spacial score (nSPS) is 27.0. The molecule has 0 radical (unpaired) electrons. The molecule has 0 bridgehead atoms. The summed E-state index contributed by atoms with van der Waals surface area (Å²) in [5, 5.41) is 15.1. The van der Waals surface area contributed by atoms with E-state index in [4.69, 9.17) is 11.6 Å². The minimum atomic E-state index is -1.25. The molecule has 176 valence electrons. The van der Waals surface area contributed by atoms with E-state index in [2.05, 4.69) is 10.2 Å². The van der Waals surface area contributed by atoms with Crippen molar-refractivity contribution in [2.24, 2.45) is 5.92 Å². The average molecular weight is 488 g/mol. The lowest BCUT2D eigenvalue weighted by atomic mass is 9.68. The van der Waals surface area contributed by atoms with Crippen LogP contribution in [0, 0.1) is 16.0 Å². The summed E-state index contributed by atoms with van der Waals surface area (Å²) in [5.74, 6) is -1.58. The summed E-state index contributed by atoms with van der Waals surface area (Å²) in [6, 6.07) is 20.6. The first-order valence-electron chi connectivity index (χ1n) is 11.6. The number of hydrogen-bond donors (Lipinski definition) is 1. The third-order valence-corrected chi connectivity index (χ3v) is 8.00. The Morgan fingerprint density at radius 3 is 2.66 bits per heavy atom. The molecule has 1 amide bonds. The summed E-state index contributed by atoms with van der Waals surface area (Å²) < 4.78 is 0. The first-order valence-corrected chi connectivity index (χ1v) is 12.0. The maximum Gasteiger partial charge on any atom is 0.269 e. The van der Waals surface area contributed by atoms with Crippen LogP contribution in [0.5, 0.6) is 0 Å². The first kappa shape index (κ1) is 21.9. The van der Waals surface area contributed by atoms with E-state index >= 15 is 0 Å². The molecule has 1 N–H and O–H groups in total. The molecule has 7 nitrogen and oxygen atoms in total. The van der Waals surface area contributed by atoms with Crippen LogP contribution in [0.25, 0.3) is 0 Å². The number of nitro benzene ring substituents is 1. The van der Waals surface area contributed by atoms with Crippen molar-refractivity contribution in [2.75, 3.05) is 11.9 Å². The molecule has 3 aromatic carbocycles. The maximum absolute atomic E-state index is 14.3. The lowest BCUT2D eigenvalue weighted by Crippen LogP contribution is -2.52. The second-order valence-electron chi connectivity index (χ2n) is 9.40. The van der Waals surface area contributed by atoms with Crippen LogP contribution >= 0.6 is 11.6 Å². The molecule has 0 saturated carbocycles. The molecule has 0 aliphatic carbocycles. The van der Waals surface area contributed by atoms with Gasteiger partial charge in [-0.3, -0.25) is 24.6 Å². The number of carbonyl (C=O) groups excluding carboxylic acids is 2. The van der Waals surface area contributed by atoms with Crippen LogP contribution < -0.4 is 5.32 Å². The van der Waals surface area contributed by atoms with Crippen molar-refractivity contribution in [3.05, 3.63) is 105 Å². The molecule has 3 heterocycles. The molecule has 2 saturated heterocycles. The smallest absolute Gasteiger partial charge is 0.269 e. The standard InChI is InChI=1S/C27H22ClN3O4/c28-18-11-12-21-20(15-18)27(26(33)29-21)24(25(32)16-6-2-1-3-7-16)23(22-10-5-13-30(22)27)17-8-4-9-19(14-17)31(34)35/h1-4,6-9,11-12,14-15,22-24H,5,10,13H2,(H,29,33)/t22-,23+,24+,27-/m1/s1. The van der Waals surface area contributed by atoms with Crippen molar-refractivity contribution in [1.29, 1.82) is 0 Å². The Kier molecular flexibility index (Phi) is 5.02. The lowest BCUT2D eigenvalue weighted by molar-refractivity contribution is -0.384. The largest absolute Gasteiger partial charge is 0.324 e. The van der Waals surface area contributed by atoms with Crippen molar-refractivity contribution >= 4 is 34.7 Å². The number of fused-ring (bicyclic) bond motifs is 4. The number of non-ortho nitro benzene ring substituents is 1. The summed E-state index contributed by atoms with van der Waals surface area (Å²) in [6.07, 6.45) is 1.66. The van der Waals surface area contributed by atoms with E-state index in [0.29, 0.717) is 33.9 Å². The number of carbonyl (C=O) groups is 2. The number of hydrogen-bond acceptors (Lipinski definition) is 5. The highest BCUT2D eigenvalue weighted by molar-refractivity contribution is 6.31. The topological polar surface area (TPSA) is 92.5 Å². The fourth-order valence-corrected chi connectivity index (χ4v) is 6.71. The summed E-state index contributed by atoms with van der Waals surface area (Å²) in [5.41, 5.74) is 1.28. The molecule has 0 unspecified atom stereocenters. The molecular weight excluding hydrogens is 466 g/mol. The van der Waals surface area contributed by atoms with E-state index in [-0.39, 0.29) is 23.4 Å². The van der Waals surface area contributed by atoms with Gasteiger partial charge in [0.1, 0.15) is 5.54 Å². The van der Waals surface area contributed by atoms with Crippen LogP contribution in [0.4, 0.5) is 11.4 Å². The van der Waals surface area contributed by atoms with Crippen molar-refractivity contribution in [1.82, 2.24) is 4.90 Å². The van der Waals surface area contributed by atoms with E-state index < -0.39 is 22.3 Å². The predicted octanol–water partition coefficient (Wildman–Crippen LogP) is 5.16. The van der Waals surface area contributed by atoms with Crippen LogP contribution in [-0.2, 0) is 10.3 Å². The number of anilines is 1. The minimum Gasteiger partial charge on any atom is -0.324 e. The minimum absolute atomic E-state index is 0.0294. The molecule has 2 fully saturated rings. The molecule has 3 aliphatic rings. The quantitative estimate of drug-likeness (QED) is 0.312. The highest BCUT2D eigenvalue weighted by atomic mass is 35.5. The summed E-state index contributed by atoms with van der Waals surface area (Å²) >= 11 is 6.41. The number of ketones is 1. The van der Waals surface area contributed by atoms with Gasteiger partial charge >= 0.3 is 0 Å². The van der Waals surface area contributed by atoms with Crippen molar-refractivity contribution in [2.45, 2.75) is 30.3 Å². The Balaban J connectivity index is 1.63. The molecule has 6 rings (SSSR count). The molecule has 3 aliphatic heterocycles. The van der Waals surface area contributed by atoms with Gasteiger partial charge in [-0.25, -0.2) is 0 Å². The third kappa shape index (κ3) is 3.08. The van der Waals surface area contributed by atoms with Crippen LogP contribution in [-0.4, -0.2) is 34.1 Å². The van der Waals surface area contributed by atoms with Crippen molar-refractivity contribution < 1.29 is 14.5 Å². The van der Waals surface area contributed by atoms with Gasteiger partial charge in [-0.05, 0) is 43.1 Å². The zero-order chi connectivity index (χ0) is 24.3. The second kappa shape index (κ2) is 8.00. The number of nitro groups is 1. The van der Waals surface area contributed by atoms with E-state index in [1.807, 2.05) is 12.1 Å². The number of nitrogens with zero attached hydrogens (tertiary/aromatic N) is 2. The molecular formula is C27H22ClN3O4. The number of benzene rings is 3. The van der Waals surface area contributed by atoms with E-state index in [1.165, 1.54) is 6.07 Å². The van der Waals surface area contributed by atoms with Crippen molar-refractivity contribution in [3.63, 3.8) is 0 Å². The summed E-state index contributed by atoms with van der Waals surface area (Å²) in [7, 11) is 0. The Morgan fingerprint density at radius 1 is 1.09 bits per heavy atom. The van der Waals surface area contributed by atoms with Crippen LogP contribution in [0.2, 0.25) is 5.02 Å². The van der Waals surface area contributed by atoms with Crippen LogP contribution in [0.3, 0.4) is 0 Å². The van der Waals surface area contributed by atoms with Gasteiger partial charge in [-0.1, -0.05) is 54.1 Å². The fourth-order valence-electron chi connectivity index (χ4n) is 6.53. The summed E-state index contributed by atoms with van der Waals surface area (Å²) in [4.78, 5) is 41.6. The van der Waals surface area contributed by atoms with E-state index in [9.17, 15) is 19.7 Å². The zero-order valence-electron chi connectivity index (χ0n) is 18.7. The Morgan fingerprint density at radius 2 is 1.89 bits per heavy atom. The highest BCUT2D eigenvalue weighted by Gasteiger charge is 2.69. The van der Waals surface area contributed by atoms with Gasteiger partial charge in [-0.2, -0.15) is 0 Å². The van der Waals surface area contributed by atoms with Gasteiger partial charge in [-0.15, -0.1) is 0 Å². The van der Waals surface area contributed by atoms with Gasteiger partial charge in [0.15, 0.2) is 5.78 Å². The van der Waals surface area contributed by atoms with Gasteiger partial charge < -0.3 is 5.32 Å². The number of halogens is 1. The second-order valence-corrected chi connectivity index (χ2v) is 9.84. The van der Waals surface area contributed by atoms with Gasteiger partial charge in [0.05, 0.1) is 10.8 Å². The maximum atomic E-state index is 14.3. The monoisotopic (exact) mass is 487 g/mol. The summed E-state index contributed by atoms with van der Waals surface area (Å²) in [6.45, 7) is 0.647. The molecule has 4 atom stereocenters. The van der Waals surface area contributed by atoms with Crippen LogP contribution in [0.1, 0.15) is 40.2 Å². The number of nitrogens with one attached hydrogen (secondary N) is 1. The molecule has 0 aromatic heterocycles. The van der Waals surface area contributed by atoms with Crippen LogP contribution in [0.15, 0.2) is 72.8 Å². The van der Waals surface area contributed by atoms with E-state index in [0.717, 1.165) is 12.8 Å². The van der Waals surface area contributed by atoms with Gasteiger partial charge in [0, 0.05) is 45.9 Å². The Hall–Kier alpha value is -3.55. The first-order chi connectivity index (χ1) is 16.9. The molecule has 8 heteroatoms. The number of Topliss-reactive ketones (excluding diaryl/α,β-unsaturated/α-hetero) is 1. The van der Waals surface area contributed by atoms with E-state index in [1.54, 1.807) is 54.6 Å². The Labute approximate surface area is 206 Å². The molecule has 1 spiro atoms. The lowest BCUT2D eigenvalue weighted by Gasteiger charge is -2.37. The predicted molar refractivity (Wildman–Crippen MR) is 132 cm³/mol. The van der Waals surface area contributed by atoms with Gasteiger partial charge in [0.25, 0.3) is 5.69 Å². The SMILES string of the molecule is O=C(c1ccccc1)[C@@H]1[C@@H](c2cccc([N+](=O)[O-])c2)[C@H]2CCCN2[C@@]12C(=O)Nc1ccc(Cl)cc12. The zero-order valence-corrected chi connectivity index (χ0v) is 19.4. The number of rotatable bonds is 4. The fraction of sp³-hybridized carbons (Fsp3) is 0.259. The molecule has 35 heavy (non-hydrogen) atoms. The number of amides is 1. The average Bonchev–Trinajstić information content (AvgIpc) is 3.52.